The number of anilines is 1. The number of carbonyl (C=O) groups excluding carboxylic acids is 1. The van der Waals surface area contributed by atoms with Gasteiger partial charge in [-0.05, 0) is 44.4 Å². The molecule has 0 aromatic heterocycles. The molecule has 1 aromatic rings. The van der Waals surface area contributed by atoms with Crippen molar-refractivity contribution in [3.8, 4) is 0 Å². The molecule has 20 heavy (non-hydrogen) atoms. The van der Waals surface area contributed by atoms with E-state index in [-0.39, 0.29) is 6.03 Å². The topological polar surface area (TPSA) is 52.6 Å². The molecule has 2 amide bonds. The molecule has 0 spiro atoms. The largest absolute Gasteiger partial charge is 0.389 e. The maximum Gasteiger partial charge on any atom is 0.322 e. The molecule has 2 unspecified atom stereocenters. The summed E-state index contributed by atoms with van der Waals surface area (Å²) in [7, 11) is 0. The number of urea groups is 1. The third kappa shape index (κ3) is 3.73. The first-order valence-electron chi connectivity index (χ1n) is 7.43. The fourth-order valence-electron chi connectivity index (χ4n) is 2.62. The van der Waals surface area contributed by atoms with Gasteiger partial charge in [-0.2, -0.15) is 0 Å². The molecule has 0 radical (unpaired) electrons. The Morgan fingerprint density at radius 1 is 1.30 bits per heavy atom. The van der Waals surface area contributed by atoms with Gasteiger partial charge in [-0.25, -0.2) is 4.79 Å². The molecule has 1 heterocycles. The summed E-state index contributed by atoms with van der Waals surface area (Å²) in [6.45, 7) is 4.67. The van der Waals surface area contributed by atoms with E-state index < -0.39 is 6.10 Å². The molecular weight excluding hydrogens is 252 g/mol. The first-order chi connectivity index (χ1) is 9.58. The van der Waals surface area contributed by atoms with Crippen LogP contribution in [0.15, 0.2) is 24.3 Å². The van der Waals surface area contributed by atoms with E-state index in [2.05, 4.69) is 12.2 Å². The molecule has 1 fully saturated rings. The quantitative estimate of drug-likeness (QED) is 0.868. The van der Waals surface area contributed by atoms with Crippen LogP contribution in [-0.2, 0) is 0 Å². The molecular formula is C16H24N2O2. The number of likely N-dealkylation sites (tertiary alicyclic amines) is 1. The average molecular weight is 276 g/mol. The predicted octanol–water partition coefficient (Wildman–Crippen LogP) is 3.54. The van der Waals surface area contributed by atoms with E-state index in [9.17, 15) is 9.90 Å². The second kappa shape index (κ2) is 6.75. The van der Waals surface area contributed by atoms with Gasteiger partial charge in [0.2, 0.25) is 0 Å². The van der Waals surface area contributed by atoms with Gasteiger partial charge >= 0.3 is 6.03 Å². The van der Waals surface area contributed by atoms with Gasteiger partial charge in [0, 0.05) is 18.3 Å². The van der Waals surface area contributed by atoms with Gasteiger partial charge in [-0.3, -0.25) is 0 Å². The molecule has 1 aromatic carbocycles. The zero-order valence-corrected chi connectivity index (χ0v) is 12.3. The van der Waals surface area contributed by atoms with E-state index in [1.54, 1.807) is 6.92 Å². The number of hydrogen-bond donors (Lipinski definition) is 2. The SMILES string of the molecule is CC(O)c1ccc(NC(=O)N2CCCCCC2C)cc1. The lowest BCUT2D eigenvalue weighted by Crippen LogP contribution is -2.41. The number of benzene rings is 1. The lowest BCUT2D eigenvalue weighted by atomic mass is 10.1. The van der Waals surface area contributed by atoms with Crippen molar-refractivity contribution in [2.45, 2.75) is 51.7 Å². The molecule has 4 heteroatoms. The summed E-state index contributed by atoms with van der Waals surface area (Å²) in [4.78, 5) is 14.2. The van der Waals surface area contributed by atoms with E-state index in [1.165, 1.54) is 12.8 Å². The summed E-state index contributed by atoms with van der Waals surface area (Å²) in [5.41, 5.74) is 1.63. The van der Waals surface area contributed by atoms with Crippen molar-refractivity contribution in [3.05, 3.63) is 29.8 Å². The number of nitrogens with zero attached hydrogens (tertiary/aromatic N) is 1. The number of rotatable bonds is 2. The molecule has 0 bridgehead atoms. The Morgan fingerprint density at radius 2 is 2.00 bits per heavy atom. The average Bonchev–Trinajstić information content (AvgIpc) is 2.64. The van der Waals surface area contributed by atoms with Crippen LogP contribution in [-0.4, -0.2) is 28.6 Å². The monoisotopic (exact) mass is 276 g/mol. The van der Waals surface area contributed by atoms with Crippen LogP contribution in [0.2, 0.25) is 0 Å². The number of aliphatic hydroxyl groups excluding tert-OH is 1. The van der Waals surface area contributed by atoms with Crippen molar-refractivity contribution < 1.29 is 9.90 Å². The second-order valence-corrected chi connectivity index (χ2v) is 5.62. The highest BCUT2D eigenvalue weighted by molar-refractivity contribution is 5.89. The lowest BCUT2D eigenvalue weighted by molar-refractivity contribution is 0.194. The van der Waals surface area contributed by atoms with Crippen LogP contribution in [0.4, 0.5) is 10.5 Å². The molecule has 4 nitrogen and oxygen atoms in total. The van der Waals surface area contributed by atoms with E-state index in [1.807, 2.05) is 29.2 Å². The molecule has 2 N–H and O–H groups in total. The van der Waals surface area contributed by atoms with Crippen molar-refractivity contribution in [2.24, 2.45) is 0 Å². The summed E-state index contributed by atoms with van der Waals surface area (Å²) in [6.07, 6.45) is 4.09. The Morgan fingerprint density at radius 3 is 2.65 bits per heavy atom. The van der Waals surface area contributed by atoms with Crippen molar-refractivity contribution in [2.75, 3.05) is 11.9 Å². The van der Waals surface area contributed by atoms with Crippen molar-refractivity contribution in [1.82, 2.24) is 4.90 Å². The van der Waals surface area contributed by atoms with E-state index in [0.29, 0.717) is 6.04 Å². The number of carbonyl (C=O) groups is 1. The van der Waals surface area contributed by atoms with Gasteiger partial charge in [0.15, 0.2) is 0 Å². The smallest absolute Gasteiger partial charge is 0.322 e. The van der Waals surface area contributed by atoms with Crippen molar-refractivity contribution in [1.29, 1.82) is 0 Å². The predicted molar refractivity (Wildman–Crippen MR) is 80.7 cm³/mol. The van der Waals surface area contributed by atoms with Gasteiger partial charge in [0.1, 0.15) is 0 Å². The Kier molecular flexibility index (Phi) is 5.01. The second-order valence-electron chi connectivity index (χ2n) is 5.62. The third-order valence-electron chi connectivity index (χ3n) is 3.96. The summed E-state index contributed by atoms with van der Waals surface area (Å²) < 4.78 is 0. The van der Waals surface area contributed by atoms with Crippen LogP contribution >= 0.6 is 0 Å². The molecule has 1 saturated heterocycles. The fraction of sp³-hybridized carbons (Fsp3) is 0.562. The molecule has 0 aliphatic carbocycles. The van der Waals surface area contributed by atoms with Gasteiger partial charge in [0.05, 0.1) is 6.10 Å². The zero-order valence-electron chi connectivity index (χ0n) is 12.3. The molecule has 1 aliphatic heterocycles. The summed E-state index contributed by atoms with van der Waals surface area (Å²) in [6, 6.07) is 7.63. The number of nitrogens with one attached hydrogen (secondary N) is 1. The standard InChI is InChI=1S/C16H24N2O2/c1-12-6-4-3-5-11-18(12)16(20)17-15-9-7-14(8-10-15)13(2)19/h7-10,12-13,19H,3-6,11H2,1-2H3,(H,17,20). The Balaban J connectivity index is 1.99. The molecule has 0 saturated carbocycles. The maximum absolute atomic E-state index is 12.3. The number of aliphatic hydroxyl groups is 1. The van der Waals surface area contributed by atoms with Crippen LogP contribution < -0.4 is 5.32 Å². The minimum Gasteiger partial charge on any atom is -0.389 e. The fourth-order valence-corrected chi connectivity index (χ4v) is 2.62. The van der Waals surface area contributed by atoms with Crippen molar-refractivity contribution >= 4 is 11.7 Å². The van der Waals surface area contributed by atoms with E-state index >= 15 is 0 Å². The first kappa shape index (κ1) is 14.9. The van der Waals surface area contributed by atoms with E-state index in [4.69, 9.17) is 0 Å². The van der Waals surface area contributed by atoms with Gasteiger partial charge in [0.25, 0.3) is 0 Å². The summed E-state index contributed by atoms with van der Waals surface area (Å²) in [5.74, 6) is 0. The summed E-state index contributed by atoms with van der Waals surface area (Å²) >= 11 is 0. The maximum atomic E-state index is 12.3. The minimum absolute atomic E-state index is 0.0239. The molecule has 1 aliphatic rings. The zero-order chi connectivity index (χ0) is 14.5. The van der Waals surface area contributed by atoms with E-state index in [0.717, 1.165) is 30.6 Å². The van der Waals surface area contributed by atoms with Crippen LogP contribution in [0.3, 0.4) is 0 Å². The van der Waals surface area contributed by atoms with Crippen LogP contribution in [0.25, 0.3) is 0 Å². The highest BCUT2D eigenvalue weighted by Gasteiger charge is 2.21. The lowest BCUT2D eigenvalue weighted by Gasteiger charge is -2.27. The highest BCUT2D eigenvalue weighted by Crippen LogP contribution is 2.19. The van der Waals surface area contributed by atoms with Gasteiger partial charge in [-0.1, -0.05) is 25.0 Å². The third-order valence-corrected chi connectivity index (χ3v) is 3.96. The van der Waals surface area contributed by atoms with Gasteiger partial charge < -0.3 is 15.3 Å². The summed E-state index contributed by atoms with van der Waals surface area (Å²) in [5, 5.41) is 12.4. The Hall–Kier alpha value is -1.55. The Labute approximate surface area is 120 Å². The van der Waals surface area contributed by atoms with Crippen LogP contribution in [0, 0.1) is 0 Å². The normalized spacial score (nSPS) is 21.1. The molecule has 2 atom stereocenters. The van der Waals surface area contributed by atoms with Crippen LogP contribution in [0.1, 0.15) is 51.2 Å². The molecule has 2 rings (SSSR count). The van der Waals surface area contributed by atoms with Gasteiger partial charge in [-0.15, -0.1) is 0 Å². The first-order valence-corrected chi connectivity index (χ1v) is 7.43. The van der Waals surface area contributed by atoms with Crippen molar-refractivity contribution in [3.63, 3.8) is 0 Å². The van der Waals surface area contributed by atoms with Crippen LogP contribution in [0.5, 0.6) is 0 Å². The highest BCUT2D eigenvalue weighted by atomic mass is 16.3. The minimum atomic E-state index is -0.481. The molecule has 110 valence electrons. The Bertz CT molecular complexity index is 442. The number of amides is 2. The number of hydrogen-bond acceptors (Lipinski definition) is 2.